The smallest absolute Gasteiger partial charge is 0.227 e. The predicted octanol–water partition coefficient (Wildman–Crippen LogP) is 1.48. The molecule has 30 heavy (non-hydrogen) atoms. The van der Waals surface area contributed by atoms with E-state index in [0.29, 0.717) is 42.2 Å². The van der Waals surface area contributed by atoms with Crippen molar-refractivity contribution >= 4 is 11.8 Å². The summed E-state index contributed by atoms with van der Waals surface area (Å²) in [5.74, 6) is 3.21. The van der Waals surface area contributed by atoms with E-state index >= 15 is 0 Å². The molecule has 0 atom stereocenters. The molecule has 9 nitrogen and oxygen atoms in total. The van der Waals surface area contributed by atoms with Crippen LogP contribution in [0, 0.1) is 0 Å². The second-order valence-corrected chi connectivity index (χ2v) is 7.43. The highest BCUT2D eigenvalue weighted by Gasteiger charge is 2.24. The number of nitrogens with zero attached hydrogens (tertiary/aromatic N) is 4. The van der Waals surface area contributed by atoms with Crippen LogP contribution in [0.5, 0.6) is 17.2 Å². The Kier molecular flexibility index (Phi) is 6.10. The van der Waals surface area contributed by atoms with E-state index in [1.54, 1.807) is 21.3 Å². The molecule has 0 amide bonds. The number of rotatable bonds is 6. The van der Waals surface area contributed by atoms with E-state index in [4.69, 9.17) is 29.7 Å². The Morgan fingerprint density at radius 1 is 1.00 bits per heavy atom. The molecule has 2 aromatic rings. The largest absolute Gasteiger partial charge is 0.493 e. The van der Waals surface area contributed by atoms with E-state index in [9.17, 15) is 0 Å². The van der Waals surface area contributed by atoms with Gasteiger partial charge in [-0.1, -0.05) is 0 Å². The molecular formula is C21H29N5O4. The minimum Gasteiger partial charge on any atom is -0.493 e. The molecule has 9 heteroatoms. The van der Waals surface area contributed by atoms with Gasteiger partial charge >= 0.3 is 0 Å². The monoisotopic (exact) mass is 415 g/mol. The fourth-order valence-electron chi connectivity index (χ4n) is 4.02. The number of morpholine rings is 1. The number of hydrogen-bond donors (Lipinski definition) is 1. The number of benzene rings is 1. The van der Waals surface area contributed by atoms with Gasteiger partial charge in [0.05, 0.1) is 40.2 Å². The Morgan fingerprint density at radius 3 is 2.33 bits per heavy atom. The summed E-state index contributed by atoms with van der Waals surface area (Å²) in [6.45, 7) is 5.29. The summed E-state index contributed by atoms with van der Waals surface area (Å²) in [7, 11) is 4.87. The highest BCUT2D eigenvalue weighted by atomic mass is 16.5. The maximum absolute atomic E-state index is 6.28. The van der Waals surface area contributed by atoms with E-state index in [1.165, 1.54) is 0 Å². The van der Waals surface area contributed by atoms with Crippen molar-refractivity contribution in [1.82, 2.24) is 14.9 Å². The lowest BCUT2D eigenvalue weighted by Gasteiger charge is -2.31. The molecule has 0 bridgehead atoms. The highest BCUT2D eigenvalue weighted by Crippen LogP contribution is 2.38. The van der Waals surface area contributed by atoms with Gasteiger partial charge in [0.25, 0.3) is 0 Å². The molecule has 4 rings (SSSR count). The van der Waals surface area contributed by atoms with Crippen LogP contribution in [-0.4, -0.2) is 69.0 Å². The molecule has 2 aliphatic heterocycles. The lowest BCUT2D eigenvalue weighted by atomic mass is 10.0. The van der Waals surface area contributed by atoms with Crippen LogP contribution < -0.4 is 24.8 Å². The Bertz CT molecular complexity index is 876. The Hall–Kier alpha value is -2.78. The summed E-state index contributed by atoms with van der Waals surface area (Å²) < 4.78 is 21.8. The lowest BCUT2D eigenvalue weighted by molar-refractivity contribution is 0.122. The van der Waals surface area contributed by atoms with Gasteiger partial charge in [-0.05, 0) is 24.1 Å². The molecule has 2 aliphatic rings. The third kappa shape index (κ3) is 4.08. The minimum atomic E-state index is 0.592. The number of fused-ring (bicyclic) bond motifs is 1. The molecule has 0 saturated carbocycles. The molecule has 0 radical (unpaired) electrons. The maximum Gasteiger partial charge on any atom is 0.227 e. The quantitative estimate of drug-likeness (QED) is 0.753. The molecule has 0 unspecified atom stereocenters. The molecule has 162 valence electrons. The Morgan fingerprint density at radius 2 is 1.70 bits per heavy atom. The first kappa shape index (κ1) is 20.5. The summed E-state index contributed by atoms with van der Waals surface area (Å²) in [4.78, 5) is 13.9. The summed E-state index contributed by atoms with van der Waals surface area (Å²) in [5, 5.41) is 0. The summed E-state index contributed by atoms with van der Waals surface area (Å²) in [5.41, 5.74) is 9.43. The van der Waals surface area contributed by atoms with E-state index in [2.05, 4.69) is 14.8 Å². The van der Waals surface area contributed by atoms with Crippen molar-refractivity contribution in [3.8, 4) is 17.2 Å². The first-order valence-corrected chi connectivity index (χ1v) is 10.1. The fourth-order valence-corrected chi connectivity index (χ4v) is 4.02. The van der Waals surface area contributed by atoms with Gasteiger partial charge in [-0.25, -0.2) is 4.98 Å². The van der Waals surface area contributed by atoms with Gasteiger partial charge in [0.2, 0.25) is 11.7 Å². The molecule has 0 aliphatic carbocycles. The molecule has 0 spiro atoms. The third-order valence-corrected chi connectivity index (χ3v) is 5.59. The van der Waals surface area contributed by atoms with Crippen LogP contribution in [0.4, 0.5) is 11.8 Å². The molecule has 1 aromatic carbocycles. The molecular weight excluding hydrogens is 386 g/mol. The highest BCUT2D eigenvalue weighted by molar-refractivity contribution is 5.54. The molecule has 3 heterocycles. The molecule has 2 N–H and O–H groups in total. The minimum absolute atomic E-state index is 0.592. The summed E-state index contributed by atoms with van der Waals surface area (Å²) >= 11 is 0. The second-order valence-electron chi connectivity index (χ2n) is 7.43. The number of aromatic nitrogens is 2. The fraction of sp³-hybridized carbons (Fsp3) is 0.524. The van der Waals surface area contributed by atoms with Gasteiger partial charge in [0, 0.05) is 38.3 Å². The normalized spacial score (nSPS) is 16.8. The van der Waals surface area contributed by atoms with Gasteiger partial charge in [-0.15, -0.1) is 0 Å². The zero-order chi connectivity index (χ0) is 21.1. The number of anilines is 2. The number of nitrogen functional groups attached to an aromatic ring is 1. The van der Waals surface area contributed by atoms with Crippen molar-refractivity contribution in [2.45, 2.75) is 19.5 Å². The summed E-state index contributed by atoms with van der Waals surface area (Å²) in [6, 6.07) is 3.98. The lowest BCUT2D eigenvalue weighted by Crippen LogP contribution is -2.38. The Balaban J connectivity index is 1.55. The van der Waals surface area contributed by atoms with Gasteiger partial charge in [-0.2, -0.15) is 4.98 Å². The first-order chi connectivity index (χ1) is 14.6. The van der Waals surface area contributed by atoms with Crippen molar-refractivity contribution in [2.75, 3.05) is 64.8 Å². The van der Waals surface area contributed by atoms with Crippen molar-refractivity contribution in [3.63, 3.8) is 0 Å². The molecule has 1 fully saturated rings. The van der Waals surface area contributed by atoms with Crippen LogP contribution in [-0.2, 0) is 24.2 Å². The number of hydrogen-bond acceptors (Lipinski definition) is 9. The van der Waals surface area contributed by atoms with E-state index < -0.39 is 0 Å². The van der Waals surface area contributed by atoms with Gasteiger partial charge in [-0.3, -0.25) is 4.90 Å². The zero-order valence-corrected chi connectivity index (χ0v) is 17.8. The van der Waals surface area contributed by atoms with Crippen LogP contribution in [0.3, 0.4) is 0 Å². The van der Waals surface area contributed by atoms with Crippen LogP contribution in [0.2, 0.25) is 0 Å². The van der Waals surface area contributed by atoms with Crippen molar-refractivity contribution < 1.29 is 18.9 Å². The molecule has 1 aromatic heterocycles. The van der Waals surface area contributed by atoms with Gasteiger partial charge < -0.3 is 29.6 Å². The predicted molar refractivity (Wildman–Crippen MR) is 113 cm³/mol. The standard InChI is InChI=1S/C21H29N5O4/c1-27-17-10-14(11-18(28-2)19(17)29-3)12-25-5-4-15-16(13-25)23-21(24-20(15)22)26-6-8-30-9-7-26/h10-11H,4-9,12-13H2,1-3H3,(H2,22,23,24). The van der Waals surface area contributed by atoms with Gasteiger partial charge in [0.1, 0.15) is 5.82 Å². The van der Waals surface area contributed by atoms with Crippen molar-refractivity contribution in [1.29, 1.82) is 0 Å². The number of methoxy groups -OCH3 is 3. The molecule has 1 saturated heterocycles. The van der Waals surface area contributed by atoms with Crippen LogP contribution in [0.25, 0.3) is 0 Å². The van der Waals surface area contributed by atoms with E-state index in [-0.39, 0.29) is 0 Å². The second kappa shape index (κ2) is 8.93. The topological polar surface area (TPSA) is 95.2 Å². The van der Waals surface area contributed by atoms with Crippen LogP contribution in [0.1, 0.15) is 16.8 Å². The van der Waals surface area contributed by atoms with Gasteiger partial charge in [0.15, 0.2) is 11.5 Å². The third-order valence-electron chi connectivity index (χ3n) is 5.59. The first-order valence-electron chi connectivity index (χ1n) is 10.1. The average molecular weight is 415 g/mol. The van der Waals surface area contributed by atoms with E-state index in [0.717, 1.165) is 56.0 Å². The summed E-state index contributed by atoms with van der Waals surface area (Å²) in [6.07, 6.45) is 0.828. The van der Waals surface area contributed by atoms with Crippen molar-refractivity contribution in [2.24, 2.45) is 0 Å². The number of nitrogens with two attached hydrogens (primary N) is 1. The van der Waals surface area contributed by atoms with Crippen molar-refractivity contribution in [3.05, 3.63) is 29.0 Å². The number of ether oxygens (including phenoxy) is 4. The Labute approximate surface area is 176 Å². The maximum atomic E-state index is 6.28. The average Bonchev–Trinajstić information content (AvgIpc) is 2.78. The van der Waals surface area contributed by atoms with Crippen LogP contribution >= 0.6 is 0 Å². The van der Waals surface area contributed by atoms with E-state index in [1.807, 2.05) is 12.1 Å². The van der Waals surface area contributed by atoms with Crippen LogP contribution in [0.15, 0.2) is 12.1 Å². The SMILES string of the molecule is COc1cc(CN2CCc3c(N)nc(N4CCOCC4)nc3C2)cc(OC)c1OC. The zero-order valence-electron chi connectivity index (χ0n) is 17.8.